The van der Waals surface area contributed by atoms with Crippen LogP contribution in [0.15, 0.2) is 102 Å². The number of nitrogen functional groups attached to an aromatic ring is 1. The van der Waals surface area contributed by atoms with Crippen molar-refractivity contribution >= 4 is 17.3 Å². The molecule has 5 heteroatoms. The van der Waals surface area contributed by atoms with E-state index in [-0.39, 0.29) is 0 Å². The standard InChI is InChI=1S/C23H18N4O/c24-21-12-11-20(16-26-21)28-19-13-14-25-22(15-19)27-23(17-7-3-1-4-8-17)18-9-5-2-6-10-18/h1-16H,(H2,24,26). The zero-order chi connectivity index (χ0) is 19.2. The highest BCUT2D eigenvalue weighted by Crippen LogP contribution is 2.25. The summed E-state index contributed by atoms with van der Waals surface area (Å²) in [6.07, 6.45) is 3.25. The lowest BCUT2D eigenvalue weighted by molar-refractivity contribution is 0.480. The van der Waals surface area contributed by atoms with Crippen LogP contribution in [-0.4, -0.2) is 15.7 Å². The molecular formula is C23H18N4O. The molecule has 0 aliphatic heterocycles. The molecule has 2 heterocycles. The van der Waals surface area contributed by atoms with Crippen molar-refractivity contribution in [1.82, 2.24) is 9.97 Å². The van der Waals surface area contributed by atoms with Gasteiger partial charge in [-0.05, 0) is 18.2 Å². The number of nitrogens with zero attached hydrogens (tertiary/aromatic N) is 3. The Labute approximate surface area is 163 Å². The summed E-state index contributed by atoms with van der Waals surface area (Å²) in [5, 5.41) is 0. The van der Waals surface area contributed by atoms with Gasteiger partial charge in [0.15, 0.2) is 5.82 Å². The van der Waals surface area contributed by atoms with Crippen LogP contribution in [-0.2, 0) is 0 Å². The van der Waals surface area contributed by atoms with Gasteiger partial charge in [0, 0.05) is 23.4 Å². The summed E-state index contributed by atoms with van der Waals surface area (Å²) in [5.41, 5.74) is 8.50. The predicted molar refractivity (Wildman–Crippen MR) is 111 cm³/mol. The van der Waals surface area contributed by atoms with E-state index in [0.29, 0.717) is 23.1 Å². The van der Waals surface area contributed by atoms with Gasteiger partial charge in [0.1, 0.15) is 17.3 Å². The van der Waals surface area contributed by atoms with E-state index in [0.717, 1.165) is 16.8 Å². The molecule has 2 aromatic heterocycles. The van der Waals surface area contributed by atoms with Crippen LogP contribution >= 0.6 is 0 Å². The molecule has 28 heavy (non-hydrogen) atoms. The Hall–Kier alpha value is -3.99. The third-order valence-corrected chi connectivity index (χ3v) is 4.03. The van der Waals surface area contributed by atoms with Crippen molar-refractivity contribution in [2.24, 2.45) is 4.99 Å². The van der Waals surface area contributed by atoms with Crippen molar-refractivity contribution in [3.8, 4) is 11.5 Å². The van der Waals surface area contributed by atoms with Crippen LogP contribution < -0.4 is 10.5 Å². The molecule has 2 N–H and O–H groups in total. The summed E-state index contributed by atoms with van der Waals surface area (Å²) in [7, 11) is 0. The summed E-state index contributed by atoms with van der Waals surface area (Å²) in [6.45, 7) is 0. The fourth-order valence-corrected chi connectivity index (χ4v) is 2.71. The minimum Gasteiger partial charge on any atom is -0.456 e. The summed E-state index contributed by atoms with van der Waals surface area (Å²) >= 11 is 0. The highest BCUT2D eigenvalue weighted by molar-refractivity contribution is 6.13. The second kappa shape index (κ2) is 8.14. The van der Waals surface area contributed by atoms with E-state index in [4.69, 9.17) is 15.5 Å². The molecule has 0 aliphatic carbocycles. The average molecular weight is 366 g/mol. The van der Waals surface area contributed by atoms with E-state index < -0.39 is 0 Å². The minimum atomic E-state index is 0.447. The Kier molecular flexibility index (Phi) is 5.06. The number of aliphatic imine (C=N–C) groups is 1. The van der Waals surface area contributed by atoms with Crippen LogP contribution in [0.1, 0.15) is 11.1 Å². The first-order valence-electron chi connectivity index (χ1n) is 8.83. The molecule has 5 nitrogen and oxygen atoms in total. The topological polar surface area (TPSA) is 73.4 Å². The molecule has 4 aromatic rings. The SMILES string of the molecule is Nc1ccc(Oc2ccnc(N=C(c3ccccc3)c3ccccc3)c2)cn1. The molecule has 136 valence electrons. The van der Waals surface area contributed by atoms with Gasteiger partial charge in [-0.15, -0.1) is 0 Å². The molecule has 0 saturated heterocycles. The highest BCUT2D eigenvalue weighted by atomic mass is 16.5. The summed E-state index contributed by atoms with van der Waals surface area (Å²) in [5.74, 6) is 2.23. The lowest BCUT2D eigenvalue weighted by Gasteiger charge is -2.09. The molecule has 4 rings (SSSR count). The maximum Gasteiger partial charge on any atom is 0.156 e. The molecule has 0 spiro atoms. The number of anilines is 1. The Morgan fingerprint density at radius 1 is 0.750 bits per heavy atom. The van der Waals surface area contributed by atoms with Crippen LogP contribution in [0.4, 0.5) is 11.6 Å². The fraction of sp³-hybridized carbons (Fsp3) is 0. The zero-order valence-electron chi connectivity index (χ0n) is 15.1. The number of aromatic nitrogens is 2. The monoisotopic (exact) mass is 366 g/mol. The number of nitrogens with two attached hydrogens (primary N) is 1. The molecule has 0 radical (unpaired) electrons. The molecule has 2 aromatic carbocycles. The van der Waals surface area contributed by atoms with Crippen molar-refractivity contribution in [2.45, 2.75) is 0 Å². The molecule has 0 amide bonds. The van der Waals surface area contributed by atoms with Crippen LogP contribution in [0.2, 0.25) is 0 Å². The summed E-state index contributed by atoms with van der Waals surface area (Å²) < 4.78 is 5.84. The quantitative estimate of drug-likeness (QED) is 0.503. The maximum absolute atomic E-state index is 5.84. The van der Waals surface area contributed by atoms with E-state index in [2.05, 4.69) is 9.97 Å². The number of benzene rings is 2. The molecule has 0 saturated carbocycles. The summed E-state index contributed by atoms with van der Waals surface area (Å²) in [4.78, 5) is 13.2. The van der Waals surface area contributed by atoms with Gasteiger partial charge in [-0.1, -0.05) is 60.7 Å². The first-order chi connectivity index (χ1) is 13.8. The second-order valence-corrected chi connectivity index (χ2v) is 6.06. The van der Waals surface area contributed by atoms with Gasteiger partial charge >= 0.3 is 0 Å². The third-order valence-electron chi connectivity index (χ3n) is 4.03. The van der Waals surface area contributed by atoms with Gasteiger partial charge in [0.05, 0.1) is 11.9 Å². The maximum atomic E-state index is 5.84. The number of hydrogen-bond acceptors (Lipinski definition) is 5. The van der Waals surface area contributed by atoms with Crippen molar-refractivity contribution < 1.29 is 4.74 Å². The smallest absolute Gasteiger partial charge is 0.156 e. The Morgan fingerprint density at radius 2 is 1.43 bits per heavy atom. The van der Waals surface area contributed by atoms with Gasteiger partial charge in [-0.3, -0.25) is 0 Å². The normalized spacial score (nSPS) is 10.3. The van der Waals surface area contributed by atoms with E-state index in [1.165, 1.54) is 0 Å². The first-order valence-corrected chi connectivity index (χ1v) is 8.83. The predicted octanol–water partition coefficient (Wildman–Crippen LogP) is 5.02. The lowest BCUT2D eigenvalue weighted by atomic mass is 10.0. The molecular weight excluding hydrogens is 348 g/mol. The Balaban J connectivity index is 1.69. The highest BCUT2D eigenvalue weighted by Gasteiger charge is 2.08. The number of hydrogen-bond donors (Lipinski definition) is 1. The lowest BCUT2D eigenvalue weighted by Crippen LogP contribution is -2.02. The summed E-state index contributed by atoms with van der Waals surface area (Å²) in [6, 6.07) is 27.1. The van der Waals surface area contributed by atoms with Crippen LogP contribution in [0, 0.1) is 0 Å². The van der Waals surface area contributed by atoms with Crippen LogP contribution in [0.25, 0.3) is 0 Å². The molecule has 0 bridgehead atoms. The van der Waals surface area contributed by atoms with Crippen LogP contribution in [0.5, 0.6) is 11.5 Å². The van der Waals surface area contributed by atoms with Gasteiger partial charge in [-0.25, -0.2) is 15.0 Å². The number of rotatable bonds is 5. The van der Waals surface area contributed by atoms with Crippen molar-refractivity contribution in [3.63, 3.8) is 0 Å². The van der Waals surface area contributed by atoms with Crippen molar-refractivity contribution in [3.05, 3.63) is 108 Å². The number of ether oxygens (including phenoxy) is 1. The first kappa shape index (κ1) is 17.4. The molecule has 0 fully saturated rings. The van der Waals surface area contributed by atoms with E-state index in [1.807, 2.05) is 60.7 Å². The fourth-order valence-electron chi connectivity index (χ4n) is 2.71. The zero-order valence-corrected chi connectivity index (χ0v) is 15.1. The molecule has 0 unspecified atom stereocenters. The Morgan fingerprint density at radius 3 is 2.04 bits per heavy atom. The van der Waals surface area contributed by atoms with Gasteiger partial charge < -0.3 is 10.5 Å². The van der Waals surface area contributed by atoms with Crippen molar-refractivity contribution in [1.29, 1.82) is 0 Å². The van der Waals surface area contributed by atoms with Gasteiger partial charge in [0.25, 0.3) is 0 Å². The van der Waals surface area contributed by atoms with Gasteiger partial charge in [0.2, 0.25) is 0 Å². The van der Waals surface area contributed by atoms with Crippen molar-refractivity contribution in [2.75, 3.05) is 5.73 Å². The second-order valence-electron chi connectivity index (χ2n) is 6.06. The molecule has 0 aliphatic rings. The molecule has 0 atom stereocenters. The van der Waals surface area contributed by atoms with E-state index in [1.54, 1.807) is 36.7 Å². The van der Waals surface area contributed by atoms with Crippen LogP contribution in [0.3, 0.4) is 0 Å². The van der Waals surface area contributed by atoms with E-state index in [9.17, 15) is 0 Å². The van der Waals surface area contributed by atoms with E-state index >= 15 is 0 Å². The minimum absolute atomic E-state index is 0.447. The Bertz CT molecular complexity index is 1040. The average Bonchev–Trinajstić information content (AvgIpc) is 2.75. The van der Waals surface area contributed by atoms with Gasteiger partial charge in [-0.2, -0.15) is 0 Å². The third kappa shape index (κ3) is 4.22. The number of pyridine rings is 2. The largest absolute Gasteiger partial charge is 0.456 e.